The number of nitrogens with two attached hydrogens (primary N) is 1. The molecule has 0 spiro atoms. The summed E-state index contributed by atoms with van der Waals surface area (Å²) in [6.45, 7) is 0. The van der Waals surface area contributed by atoms with Crippen molar-refractivity contribution in [2.45, 2.75) is 25.1 Å². The van der Waals surface area contributed by atoms with Crippen LogP contribution in [0, 0.1) is 5.92 Å². The highest BCUT2D eigenvalue weighted by Crippen LogP contribution is 2.39. The highest BCUT2D eigenvalue weighted by molar-refractivity contribution is 4.99. The number of halogens is 3. The Morgan fingerprint density at radius 2 is 2.07 bits per heavy atom. The summed E-state index contributed by atoms with van der Waals surface area (Å²) in [6, 6.07) is -0.557. The first-order chi connectivity index (χ1) is 6.48. The van der Waals surface area contributed by atoms with Gasteiger partial charge in [-0.1, -0.05) is 5.16 Å². The average Bonchev–Trinajstić information content (AvgIpc) is 2.79. The van der Waals surface area contributed by atoms with Gasteiger partial charge in [0.25, 0.3) is 5.82 Å². The molecule has 1 aliphatic rings. The lowest BCUT2D eigenvalue weighted by molar-refractivity contribution is -0.146. The molecule has 4 nitrogen and oxygen atoms in total. The summed E-state index contributed by atoms with van der Waals surface area (Å²) in [5.74, 6) is -1.19. The van der Waals surface area contributed by atoms with E-state index in [4.69, 9.17) is 5.73 Å². The zero-order valence-corrected chi connectivity index (χ0v) is 7.08. The summed E-state index contributed by atoms with van der Waals surface area (Å²) in [6.07, 6.45) is -2.75. The molecule has 1 saturated carbocycles. The quantitative estimate of drug-likeness (QED) is 0.798. The van der Waals surface area contributed by atoms with Gasteiger partial charge in [-0.3, -0.25) is 0 Å². The molecule has 1 aliphatic carbocycles. The molecule has 0 bridgehead atoms. The molecule has 0 saturated heterocycles. The van der Waals surface area contributed by atoms with Crippen molar-refractivity contribution >= 4 is 0 Å². The Labute approximate surface area is 77.3 Å². The second kappa shape index (κ2) is 2.94. The minimum absolute atomic E-state index is 0.125. The van der Waals surface area contributed by atoms with E-state index in [0.29, 0.717) is 0 Å². The van der Waals surface area contributed by atoms with Gasteiger partial charge in [0, 0.05) is 0 Å². The SMILES string of the molecule is NC(c1nc(C(F)(F)F)no1)C1CC1. The van der Waals surface area contributed by atoms with Gasteiger partial charge in [-0.25, -0.2) is 0 Å². The fraction of sp³-hybridized carbons (Fsp3) is 0.714. The van der Waals surface area contributed by atoms with Gasteiger partial charge in [0.15, 0.2) is 0 Å². The molecule has 78 valence electrons. The number of aromatic nitrogens is 2. The van der Waals surface area contributed by atoms with E-state index >= 15 is 0 Å². The van der Waals surface area contributed by atoms with Crippen LogP contribution in [0.2, 0.25) is 0 Å². The van der Waals surface area contributed by atoms with Crippen LogP contribution in [0.25, 0.3) is 0 Å². The molecule has 1 atom stereocenters. The van der Waals surface area contributed by atoms with Crippen molar-refractivity contribution in [3.8, 4) is 0 Å². The van der Waals surface area contributed by atoms with E-state index in [1.54, 1.807) is 0 Å². The fourth-order valence-electron chi connectivity index (χ4n) is 1.14. The van der Waals surface area contributed by atoms with Crippen molar-refractivity contribution < 1.29 is 17.7 Å². The van der Waals surface area contributed by atoms with E-state index < -0.39 is 18.0 Å². The van der Waals surface area contributed by atoms with Crippen LogP contribution in [0.4, 0.5) is 13.2 Å². The molecule has 1 fully saturated rings. The van der Waals surface area contributed by atoms with Crippen LogP contribution < -0.4 is 5.73 Å². The minimum atomic E-state index is -4.56. The summed E-state index contributed by atoms with van der Waals surface area (Å²) in [4.78, 5) is 3.21. The van der Waals surface area contributed by atoms with Gasteiger partial charge in [-0.15, -0.1) is 0 Å². The van der Waals surface area contributed by atoms with Gasteiger partial charge >= 0.3 is 6.18 Å². The molecular weight excluding hydrogens is 199 g/mol. The third-order valence-electron chi connectivity index (χ3n) is 2.11. The van der Waals surface area contributed by atoms with Crippen molar-refractivity contribution in [3.05, 3.63) is 11.7 Å². The maximum atomic E-state index is 12.1. The first-order valence-electron chi connectivity index (χ1n) is 4.15. The number of nitrogens with zero attached hydrogens (tertiary/aromatic N) is 2. The minimum Gasteiger partial charge on any atom is -0.337 e. The zero-order valence-electron chi connectivity index (χ0n) is 7.08. The van der Waals surface area contributed by atoms with E-state index in [9.17, 15) is 13.2 Å². The predicted octanol–water partition coefficient (Wildman–Crippen LogP) is 1.50. The smallest absolute Gasteiger partial charge is 0.337 e. The molecule has 0 aliphatic heterocycles. The van der Waals surface area contributed by atoms with Crippen LogP contribution in [0.5, 0.6) is 0 Å². The molecule has 2 N–H and O–H groups in total. The third kappa shape index (κ3) is 1.72. The molecule has 1 unspecified atom stereocenters. The summed E-state index contributed by atoms with van der Waals surface area (Å²) in [5, 5.41) is 2.83. The van der Waals surface area contributed by atoms with Gasteiger partial charge < -0.3 is 10.3 Å². The maximum absolute atomic E-state index is 12.1. The van der Waals surface area contributed by atoms with Gasteiger partial charge in [0.1, 0.15) is 0 Å². The molecule has 1 heterocycles. The van der Waals surface area contributed by atoms with Crippen molar-refractivity contribution in [3.63, 3.8) is 0 Å². The van der Waals surface area contributed by atoms with Crippen LogP contribution >= 0.6 is 0 Å². The largest absolute Gasteiger partial charge is 0.455 e. The van der Waals surface area contributed by atoms with Crippen LogP contribution in [0.15, 0.2) is 4.52 Å². The third-order valence-corrected chi connectivity index (χ3v) is 2.11. The normalized spacial score (nSPS) is 19.7. The molecule has 0 radical (unpaired) electrons. The molecular formula is C7H8F3N3O. The highest BCUT2D eigenvalue weighted by Gasteiger charge is 2.40. The Morgan fingerprint density at radius 1 is 1.43 bits per heavy atom. The predicted molar refractivity (Wildman–Crippen MR) is 39.0 cm³/mol. The highest BCUT2D eigenvalue weighted by atomic mass is 19.4. The van der Waals surface area contributed by atoms with Crippen LogP contribution in [-0.4, -0.2) is 10.1 Å². The lowest BCUT2D eigenvalue weighted by atomic mass is 10.2. The number of alkyl halides is 3. The first-order valence-corrected chi connectivity index (χ1v) is 4.15. The fourth-order valence-corrected chi connectivity index (χ4v) is 1.14. The van der Waals surface area contributed by atoms with Gasteiger partial charge in [-0.2, -0.15) is 18.2 Å². The Bertz CT molecular complexity index is 331. The van der Waals surface area contributed by atoms with E-state index in [1.165, 1.54) is 0 Å². The lowest BCUT2D eigenvalue weighted by Gasteiger charge is -2.01. The van der Waals surface area contributed by atoms with Gasteiger partial charge in [0.05, 0.1) is 6.04 Å². The van der Waals surface area contributed by atoms with Crippen molar-refractivity contribution in [1.82, 2.24) is 10.1 Å². The van der Waals surface area contributed by atoms with Gasteiger partial charge in [0.2, 0.25) is 5.89 Å². The molecule has 1 aromatic heterocycles. The van der Waals surface area contributed by atoms with Crippen LogP contribution in [0.3, 0.4) is 0 Å². The van der Waals surface area contributed by atoms with Crippen LogP contribution in [-0.2, 0) is 6.18 Å². The van der Waals surface area contributed by atoms with Crippen molar-refractivity contribution in [2.75, 3.05) is 0 Å². The molecule has 0 amide bonds. The van der Waals surface area contributed by atoms with Crippen LogP contribution in [0.1, 0.15) is 30.6 Å². The van der Waals surface area contributed by atoms with Crippen molar-refractivity contribution in [1.29, 1.82) is 0 Å². The number of rotatable bonds is 2. The van der Waals surface area contributed by atoms with E-state index in [0.717, 1.165) is 12.8 Å². The van der Waals surface area contributed by atoms with Crippen molar-refractivity contribution in [2.24, 2.45) is 11.7 Å². The number of hydrogen-bond donors (Lipinski definition) is 1. The summed E-state index contributed by atoms with van der Waals surface area (Å²) >= 11 is 0. The second-order valence-electron chi connectivity index (χ2n) is 3.32. The summed E-state index contributed by atoms with van der Waals surface area (Å²) in [5.41, 5.74) is 5.59. The lowest BCUT2D eigenvalue weighted by Crippen LogP contribution is -2.14. The average molecular weight is 207 g/mol. The molecule has 1 aromatic rings. The molecule has 2 rings (SSSR count). The Balaban J connectivity index is 2.16. The van der Waals surface area contributed by atoms with E-state index in [2.05, 4.69) is 14.7 Å². The standard InChI is InChI=1S/C7H8F3N3O/c8-7(9,10)6-12-5(14-13-6)4(11)3-1-2-3/h3-4H,1-2,11H2. The van der Waals surface area contributed by atoms with E-state index in [1.807, 2.05) is 0 Å². The Morgan fingerprint density at radius 3 is 2.50 bits per heavy atom. The Hall–Kier alpha value is -1.11. The zero-order chi connectivity index (χ0) is 10.3. The molecule has 7 heteroatoms. The second-order valence-corrected chi connectivity index (χ2v) is 3.32. The molecule has 14 heavy (non-hydrogen) atoms. The topological polar surface area (TPSA) is 64.9 Å². The monoisotopic (exact) mass is 207 g/mol. The summed E-state index contributed by atoms with van der Waals surface area (Å²) in [7, 11) is 0. The number of hydrogen-bond acceptors (Lipinski definition) is 4. The first kappa shape index (κ1) is 9.45. The van der Waals surface area contributed by atoms with E-state index in [-0.39, 0.29) is 11.8 Å². The van der Waals surface area contributed by atoms with Gasteiger partial charge in [-0.05, 0) is 18.8 Å². The summed E-state index contributed by atoms with van der Waals surface area (Å²) < 4.78 is 40.6. The Kier molecular flexibility index (Phi) is 1.99. The molecule has 0 aromatic carbocycles. The maximum Gasteiger partial charge on any atom is 0.455 e.